The van der Waals surface area contributed by atoms with E-state index in [4.69, 9.17) is 4.74 Å². The topological polar surface area (TPSA) is 58.6 Å². The van der Waals surface area contributed by atoms with E-state index in [2.05, 4.69) is 21.2 Å². The van der Waals surface area contributed by atoms with Gasteiger partial charge < -0.3 is 15.2 Å². The maximum Gasteiger partial charge on any atom is 0.251 e. The zero-order chi connectivity index (χ0) is 12.9. The maximum absolute atomic E-state index is 11.8. The lowest BCUT2D eigenvalue weighted by atomic mass is 10.1. The molecule has 94 valence electrons. The van der Waals surface area contributed by atoms with E-state index in [1.54, 1.807) is 25.1 Å². The van der Waals surface area contributed by atoms with Crippen molar-refractivity contribution in [2.75, 3.05) is 20.3 Å². The van der Waals surface area contributed by atoms with Crippen LogP contribution in [0.15, 0.2) is 28.7 Å². The van der Waals surface area contributed by atoms with Crippen molar-refractivity contribution in [3.63, 3.8) is 0 Å². The van der Waals surface area contributed by atoms with Crippen molar-refractivity contribution in [1.29, 1.82) is 0 Å². The number of carbonyl (C=O) groups excluding carboxylic acids is 1. The van der Waals surface area contributed by atoms with E-state index >= 15 is 0 Å². The number of halogens is 1. The molecule has 1 rings (SSSR count). The molecule has 0 aliphatic carbocycles. The van der Waals surface area contributed by atoms with Gasteiger partial charge in [0, 0.05) is 23.7 Å². The minimum atomic E-state index is -1.06. The minimum Gasteiger partial charge on any atom is -0.386 e. The van der Waals surface area contributed by atoms with E-state index < -0.39 is 5.60 Å². The highest BCUT2D eigenvalue weighted by Crippen LogP contribution is 2.11. The van der Waals surface area contributed by atoms with Crippen LogP contribution in [0, 0.1) is 0 Å². The molecule has 0 aliphatic rings. The number of nitrogens with one attached hydrogen (secondary N) is 1. The molecule has 1 aromatic rings. The predicted octanol–water partition coefficient (Wildman–Crippen LogP) is 1.58. The van der Waals surface area contributed by atoms with Crippen LogP contribution < -0.4 is 5.32 Å². The van der Waals surface area contributed by atoms with E-state index in [0.29, 0.717) is 5.56 Å². The molecule has 0 heterocycles. The Labute approximate surface area is 109 Å². The molecular weight excluding hydrogens is 286 g/mol. The van der Waals surface area contributed by atoms with Crippen molar-refractivity contribution in [2.45, 2.75) is 12.5 Å². The summed E-state index contributed by atoms with van der Waals surface area (Å²) >= 11 is 3.30. The summed E-state index contributed by atoms with van der Waals surface area (Å²) in [7, 11) is 1.50. The first-order valence-corrected chi connectivity index (χ1v) is 5.99. The summed E-state index contributed by atoms with van der Waals surface area (Å²) in [6.45, 7) is 1.93. The van der Waals surface area contributed by atoms with Gasteiger partial charge in [0.2, 0.25) is 0 Å². The van der Waals surface area contributed by atoms with E-state index in [1.807, 2.05) is 6.07 Å². The zero-order valence-electron chi connectivity index (χ0n) is 9.87. The summed E-state index contributed by atoms with van der Waals surface area (Å²) in [4.78, 5) is 11.8. The molecule has 5 heteroatoms. The van der Waals surface area contributed by atoms with Crippen molar-refractivity contribution >= 4 is 21.8 Å². The highest BCUT2D eigenvalue weighted by Gasteiger charge is 2.21. The van der Waals surface area contributed by atoms with E-state index in [9.17, 15) is 9.90 Å². The molecule has 1 amide bonds. The monoisotopic (exact) mass is 301 g/mol. The molecule has 0 aromatic heterocycles. The summed E-state index contributed by atoms with van der Waals surface area (Å²) in [6.07, 6.45) is 0. The van der Waals surface area contributed by atoms with Crippen molar-refractivity contribution in [1.82, 2.24) is 5.32 Å². The van der Waals surface area contributed by atoms with Crippen molar-refractivity contribution in [2.24, 2.45) is 0 Å². The van der Waals surface area contributed by atoms with Gasteiger partial charge in [0.25, 0.3) is 5.91 Å². The molecule has 2 N–H and O–H groups in total. The number of rotatable bonds is 5. The Balaban J connectivity index is 2.56. The van der Waals surface area contributed by atoms with E-state index in [1.165, 1.54) is 7.11 Å². The van der Waals surface area contributed by atoms with Crippen molar-refractivity contribution in [3.05, 3.63) is 34.3 Å². The number of ether oxygens (including phenoxy) is 1. The van der Waals surface area contributed by atoms with Crippen molar-refractivity contribution in [3.8, 4) is 0 Å². The normalized spacial score (nSPS) is 14.1. The molecular formula is C12H16BrNO3. The van der Waals surface area contributed by atoms with Gasteiger partial charge in [-0.3, -0.25) is 4.79 Å². The van der Waals surface area contributed by atoms with Gasteiger partial charge in [-0.15, -0.1) is 0 Å². The van der Waals surface area contributed by atoms with E-state index in [0.717, 1.165) is 4.47 Å². The first-order chi connectivity index (χ1) is 7.94. The summed E-state index contributed by atoms with van der Waals surface area (Å²) in [5.41, 5.74) is -0.510. The van der Waals surface area contributed by atoms with Crippen LogP contribution in [0.2, 0.25) is 0 Å². The number of benzene rings is 1. The molecule has 0 radical (unpaired) electrons. The second-order valence-electron chi connectivity index (χ2n) is 4.12. The van der Waals surface area contributed by atoms with Crippen LogP contribution in [0.1, 0.15) is 17.3 Å². The molecule has 0 saturated heterocycles. The molecule has 0 fully saturated rings. The fourth-order valence-electron chi connectivity index (χ4n) is 1.36. The Morgan fingerprint density at radius 2 is 2.29 bits per heavy atom. The summed E-state index contributed by atoms with van der Waals surface area (Å²) in [6, 6.07) is 7.07. The van der Waals surface area contributed by atoms with Gasteiger partial charge in [-0.2, -0.15) is 0 Å². The average molecular weight is 302 g/mol. The van der Waals surface area contributed by atoms with Gasteiger partial charge in [-0.25, -0.2) is 0 Å². The predicted molar refractivity (Wildman–Crippen MR) is 69.0 cm³/mol. The van der Waals surface area contributed by atoms with Crippen LogP contribution in [0.5, 0.6) is 0 Å². The van der Waals surface area contributed by atoms with Gasteiger partial charge >= 0.3 is 0 Å². The van der Waals surface area contributed by atoms with Crippen LogP contribution in [0.4, 0.5) is 0 Å². The highest BCUT2D eigenvalue weighted by molar-refractivity contribution is 9.10. The van der Waals surface area contributed by atoms with Gasteiger partial charge in [-0.05, 0) is 25.1 Å². The molecule has 0 aliphatic heterocycles. The third-order valence-electron chi connectivity index (χ3n) is 2.17. The number of aliphatic hydroxyl groups is 1. The third-order valence-corrected chi connectivity index (χ3v) is 2.67. The Kier molecular flexibility index (Phi) is 5.11. The molecule has 4 nitrogen and oxygen atoms in total. The van der Waals surface area contributed by atoms with Crippen LogP contribution in [0.3, 0.4) is 0 Å². The van der Waals surface area contributed by atoms with Crippen LogP contribution >= 0.6 is 15.9 Å². The summed E-state index contributed by atoms with van der Waals surface area (Å²) in [5, 5.41) is 12.5. The molecule has 1 unspecified atom stereocenters. The fraction of sp³-hybridized carbons (Fsp3) is 0.417. The molecule has 1 atom stereocenters. The highest BCUT2D eigenvalue weighted by atomic mass is 79.9. The Bertz CT molecular complexity index is 393. The van der Waals surface area contributed by atoms with Crippen LogP contribution in [-0.2, 0) is 4.74 Å². The molecule has 0 bridgehead atoms. The fourth-order valence-corrected chi connectivity index (χ4v) is 1.76. The van der Waals surface area contributed by atoms with Gasteiger partial charge in [-0.1, -0.05) is 22.0 Å². The standard InChI is InChI=1S/C12H16BrNO3/c1-12(16,8-17-2)7-14-11(15)9-4-3-5-10(13)6-9/h3-6,16H,7-8H2,1-2H3,(H,14,15). The lowest BCUT2D eigenvalue weighted by Gasteiger charge is -2.22. The van der Waals surface area contributed by atoms with Gasteiger partial charge in [0.15, 0.2) is 0 Å². The molecule has 17 heavy (non-hydrogen) atoms. The number of amides is 1. The lowest BCUT2D eigenvalue weighted by molar-refractivity contribution is -0.0147. The Hall–Kier alpha value is -0.910. The summed E-state index contributed by atoms with van der Waals surface area (Å²) < 4.78 is 5.70. The first kappa shape index (κ1) is 14.2. The average Bonchev–Trinajstić information content (AvgIpc) is 2.26. The molecule has 0 saturated carbocycles. The lowest BCUT2D eigenvalue weighted by Crippen LogP contribution is -2.43. The van der Waals surface area contributed by atoms with Gasteiger partial charge in [0.05, 0.1) is 6.61 Å². The minimum absolute atomic E-state index is 0.145. The quantitative estimate of drug-likeness (QED) is 0.868. The number of methoxy groups -OCH3 is 1. The summed E-state index contributed by atoms with van der Waals surface area (Å²) in [5.74, 6) is -0.220. The number of carbonyl (C=O) groups is 1. The second-order valence-corrected chi connectivity index (χ2v) is 5.04. The molecule has 1 aromatic carbocycles. The second kappa shape index (κ2) is 6.14. The smallest absolute Gasteiger partial charge is 0.251 e. The zero-order valence-corrected chi connectivity index (χ0v) is 11.5. The van der Waals surface area contributed by atoms with Crippen molar-refractivity contribution < 1.29 is 14.6 Å². The van der Waals surface area contributed by atoms with Crippen LogP contribution in [-0.4, -0.2) is 36.9 Å². The van der Waals surface area contributed by atoms with Crippen LogP contribution in [0.25, 0.3) is 0 Å². The maximum atomic E-state index is 11.8. The number of hydrogen-bond acceptors (Lipinski definition) is 3. The Morgan fingerprint density at radius 1 is 1.59 bits per heavy atom. The van der Waals surface area contributed by atoms with E-state index in [-0.39, 0.29) is 19.1 Å². The molecule has 0 spiro atoms. The largest absolute Gasteiger partial charge is 0.386 e. The SMILES string of the molecule is COCC(C)(O)CNC(=O)c1cccc(Br)c1. The van der Waals surface area contributed by atoms with Gasteiger partial charge in [0.1, 0.15) is 5.60 Å². The number of hydrogen-bond donors (Lipinski definition) is 2. The Morgan fingerprint density at radius 3 is 2.88 bits per heavy atom. The first-order valence-electron chi connectivity index (χ1n) is 5.20. The third kappa shape index (κ3) is 4.85.